The molecule has 0 N–H and O–H groups in total. The second kappa shape index (κ2) is 6.94. The van der Waals surface area contributed by atoms with Crippen LogP contribution in [0.15, 0.2) is 91.0 Å². The first kappa shape index (κ1) is 15.7. The fourth-order valence-electron chi connectivity index (χ4n) is 2.96. The zero-order valence-electron chi connectivity index (χ0n) is 13.6. The minimum atomic E-state index is -2.25. The molecule has 3 aromatic carbocycles. The van der Waals surface area contributed by atoms with Crippen LogP contribution in [-0.2, 0) is 4.43 Å². The van der Waals surface area contributed by atoms with Crippen LogP contribution in [0, 0.1) is 0 Å². The molecule has 23 heavy (non-hydrogen) atoms. The molecule has 0 radical (unpaired) electrons. The van der Waals surface area contributed by atoms with Crippen molar-refractivity contribution < 1.29 is 4.43 Å². The van der Waals surface area contributed by atoms with E-state index in [0.717, 1.165) is 0 Å². The Hall–Kier alpha value is -2.16. The molecule has 0 aliphatic heterocycles. The molecule has 0 fully saturated rings. The number of hydrogen-bond acceptors (Lipinski definition) is 1. The van der Waals surface area contributed by atoms with Gasteiger partial charge in [0.15, 0.2) is 0 Å². The van der Waals surface area contributed by atoms with Crippen LogP contribution in [-0.4, -0.2) is 8.32 Å². The summed E-state index contributed by atoms with van der Waals surface area (Å²) in [4.78, 5) is 0. The molecule has 1 atom stereocenters. The Labute approximate surface area is 139 Å². The summed E-state index contributed by atoms with van der Waals surface area (Å²) in [6.07, 6.45) is 0.0632. The van der Waals surface area contributed by atoms with Crippen molar-refractivity contribution in [3.05, 3.63) is 96.6 Å². The standard InChI is InChI=1S/C21H22OSi/c1-18(19-12-6-3-7-13-19)22-23(2,20-14-8-4-9-15-20)21-16-10-5-11-17-21/h3-18H,1-2H3/t18-/m0/s1. The van der Waals surface area contributed by atoms with Gasteiger partial charge in [-0.3, -0.25) is 0 Å². The summed E-state index contributed by atoms with van der Waals surface area (Å²) in [5.74, 6) is 0. The zero-order valence-corrected chi connectivity index (χ0v) is 14.6. The van der Waals surface area contributed by atoms with Gasteiger partial charge < -0.3 is 4.43 Å². The molecule has 3 aromatic rings. The first-order valence-corrected chi connectivity index (χ1v) is 10.4. The van der Waals surface area contributed by atoms with Gasteiger partial charge in [-0.25, -0.2) is 0 Å². The number of rotatable bonds is 5. The topological polar surface area (TPSA) is 9.23 Å². The van der Waals surface area contributed by atoms with Gasteiger partial charge in [0.2, 0.25) is 0 Å². The third-order valence-corrected chi connectivity index (χ3v) is 8.03. The Balaban J connectivity index is 2.00. The van der Waals surface area contributed by atoms with Gasteiger partial charge in [0, 0.05) is 0 Å². The van der Waals surface area contributed by atoms with Crippen molar-refractivity contribution in [3.8, 4) is 0 Å². The quantitative estimate of drug-likeness (QED) is 0.642. The van der Waals surface area contributed by atoms with E-state index in [1.165, 1.54) is 15.9 Å². The second-order valence-corrected chi connectivity index (χ2v) is 9.39. The van der Waals surface area contributed by atoms with Crippen molar-refractivity contribution in [1.29, 1.82) is 0 Å². The van der Waals surface area contributed by atoms with E-state index in [2.05, 4.69) is 98.4 Å². The summed E-state index contributed by atoms with van der Waals surface area (Å²) in [6, 6.07) is 31.7. The van der Waals surface area contributed by atoms with Crippen molar-refractivity contribution in [3.63, 3.8) is 0 Å². The Bertz CT molecular complexity index is 686. The molecule has 3 rings (SSSR count). The molecule has 0 unspecified atom stereocenters. The highest BCUT2D eigenvalue weighted by Gasteiger charge is 2.35. The van der Waals surface area contributed by atoms with E-state index in [1.54, 1.807) is 0 Å². The van der Waals surface area contributed by atoms with Gasteiger partial charge in [0.05, 0.1) is 6.10 Å². The molecule has 0 saturated carbocycles. The summed E-state index contributed by atoms with van der Waals surface area (Å²) in [7, 11) is -2.25. The first-order valence-electron chi connectivity index (χ1n) is 8.04. The molecule has 0 aromatic heterocycles. The van der Waals surface area contributed by atoms with Crippen LogP contribution in [0.25, 0.3) is 0 Å². The Morgan fingerprint density at radius 1 is 0.652 bits per heavy atom. The van der Waals surface area contributed by atoms with Gasteiger partial charge in [-0.2, -0.15) is 0 Å². The van der Waals surface area contributed by atoms with Gasteiger partial charge in [-0.15, -0.1) is 0 Å². The summed E-state index contributed by atoms with van der Waals surface area (Å²) in [5, 5.41) is 2.60. The minimum absolute atomic E-state index is 0.0632. The Morgan fingerprint density at radius 3 is 1.48 bits per heavy atom. The van der Waals surface area contributed by atoms with Crippen LogP contribution < -0.4 is 10.4 Å². The Kier molecular flexibility index (Phi) is 4.75. The van der Waals surface area contributed by atoms with E-state index in [0.29, 0.717) is 0 Å². The lowest BCUT2D eigenvalue weighted by Crippen LogP contribution is -2.58. The van der Waals surface area contributed by atoms with Gasteiger partial charge in [0.25, 0.3) is 8.32 Å². The van der Waals surface area contributed by atoms with E-state index in [9.17, 15) is 0 Å². The minimum Gasteiger partial charge on any atom is -0.402 e. The number of benzene rings is 3. The van der Waals surface area contributed by atoms with E-state index >= 15 is 0 Å². The molecule has 116 valence electrons. The van der Waals surface area contributed by atoms with E-state index in [1.807, 2.05) is 6.07 Å². The average molecular weight is 318 g/mol. The van der Waals surface area contributed by atoms with Crippen LogP contribution in [0.1, 0.15) is 18.6 Å². The van der Waals surface area contributed by atoms with E-state index in [4.69, 9.17) is 4.43 Å². The molecule has 0 bridgehead atoms. The highest BCUT2D eigenvalue weighted by Crippen LogP contribution is 2.21. The maximum absolute atomic E-state index is 6.74. The molecule has 0 aliphatic carbocycles. The van der Waals surface area contributed by atoms with Crippen LogP contribution >= 0.6 is 0 Å². The maximum atomic E-state index is 6.74. The Morgan fingerprint density at radius 2 is 1.04 bits per heavy atom. The normalized spacial score (nSPS) is 12.8. The predicted octanol–water partition coefficient (Wildman–Crippen LogP) is 4.15. The van der Waals surface area contributed by atoms with Crippen LogP contribution in [0.2, 0.25) is 6.55 Å². The summed E-state index contributed by atoms with van der Waals surface area (Å²) < 4.78 is 6.74. The van der Waals surface area contributed by atoms with Gasteiger partial charge in [-0.05, 0) is 29.4 Å². The van der Waals surface area contributed by atoms with Crippen molar-refractivity contribution in [2.75, 3.05) is 0 Å². The van der Waals surface area contributed by atoms with Crippen molar-refractivity contribution in [2.24, 2.45) is 0 Å². The highest BCUT2D eigenvalue weighted by atomic mass is 28.4. The molecule has 1 nitrogen and oxygen atoms in total. The number of hydrogen-bond donors (Lipinski definition) is 0. The smallest absolute Gasteiger partial charge is 0.253 e. The zero-order chi connectivity index (χ0) is 16.1. The van der Waals surface area contributed by atoms with Crippen LogP contribution in [0.5, 0.6) is 0 Å². The third-order valence-electron chi connectivity index (χ3n) is 4.33. The van der Waals surface area contributed by atoms with Gasteiger partial charge in [-0.1, -0.05) is 91.0 Å². The molecule has 0 saturated heterocycles. The van der Waals surface area contributed by atoms with Crippen molar-refractivity contribution in [1.82, 2.24) is 0 Å². The summed E-state index contributed by atoms with van der Waals surface area (Å²) in [5.41, 5.74) is 1.22. The van der Waals surface area contributed by atoms with E-state index < -0.39 is 8.32 Å². The monoisotopic (exact) mass is 318 g/mol. The van der Waals surface area contributed by atoms with E-state index in [-0.39, 0.29) is 6.10 Å². The fraction of sp³-hybridized carbons (Fsp3) is 0.143. The lowest BCUT2D eigenvalue weighted by atomic mass is 10.1. The summed E-state index contributed by atoms with van der Waals surface area (Å²) >= 11 is 0. The largest absolute Gasteiger partial charge is 0.402 e. The molecule has 0 spiro atoms. The summed E-state index contributed by atoms with van der Waals surface area (Å²) in [6.45, 7) is 4.43. The molecule has 0 heterocycles. The lowest BCUT2D eigenvalue weighted by molar-refractivity contribution is 0.226. The third kappa shape index (κ3) is 3.44. The fourth-order valence-corrected chi connectivity index (χ4v) is 6.07. The maximum Gasteiger partial charge on any atom is 0.253 e. The molecule has 2 heteroatoms. The van der Waals surface area contributed by atoms with Crippen molar-refractivity contribution in [2.45, 2.75) is 19.6 Å². The van der Waals surface area contributed by atoms with Crippen LogP contribution in [0.4, 0.5) is 0 Å². The second-order valence-electron chi connectivity index (χ2n) is 5.94. The average Bonchev–Trinajstić information content (AvgIpc) is 2.64. The lowest BCUT2D eigenvalue weighted by Gasteiger charge is -2.32. The molecular formula is C21H22OSi. The molecular weight excluding hydrogens is 296 g/mol. The van der Waals surface area contributed by atoms with Crippen molar-refractivity contribution >= 4 is 18.7 Å². The molecule has 0 aliphatic rings. The highest BCUT2D eigenvalue weighted by molar-refractivity contribution is 6.96. The van der Waals surface area contributed by atoms with Gasteiger partial charge >= 0.3 is 0 Å². The molecule has 0 amide bonds. The predicted molar refractivity (Wildman–Crippen MR) is 99.7 cm³/mol. The first-order chi connectivity index (χ1) is 11.2. The SMILES string of the molecule is C[C@H](O[Si](C)(c1ccccc1)c1ccccc1)c1ccccc1. The van der Waals surface area contributed by atoms with Gasteiger partial charge in [0.1, 0.15) is 0 Å². The van der Waals surface area contributed by atoms with Crippen LogP contribution in [0.3, 0.4) is 0 Å².